The highest BCUT2D eigenvalue weighted by Crippen LogP contribution is 2.29. The minimum atomic E-state index is 0.301. The van der Waals surface area contributed by atoms with Crippen LogP contribution >= 0.6 is 22.7 Å². The molecule has 0 aliphatic carbocycles. The zero-order valence-corrected chi connectivity index (χ0v) is 14.1. The Labute approximate surface area is 133 Å². The van der Waals surface area contributed by atoms with Gasteiger partial charge < -0.3 is 9.73 Å². The topological polar surface area (TPSA) is 25.2 Å². The van der Waals surface area contributed by atoms with Gasteiger partial charge in [-0.3, -0.25) is 0 Å². The molecule has 110 valence electrons. The Balaban J connectivity index is 1.64. The molecule has 0 spiro atoms. The fourth-order valence-corrected chi connectivity index (χ4v) is 4.11. The summed E-state index contributed by atoms with van der Waals surface area (Å²) >= 11 is 3.60. The molecule has 3 aromatic rings. The quantitative estimate of drug-likeness (QED) is 0.668. The van der Waals surface area contributed by atoms with Crippen LogP contribution in [-0.2, 0) is 6.54 Å². The predicted octanol–water partition coefficient (Wildman–Crippen LogP) is 5.54. The lowest BCUT2D eigenvalue weighted by Crippen LogP contribution is -2.17. The van der Waals surface area contributed by atoms with Crippen LogP contribution in [0.4, 0.5) is 0 Å². The molecule has 2 nitrogen and oxygen atoms in total. The average molecular weight is 317 g/mol. The van der Waals surface area contributed by atoms with Crippen molar-refractivity contribution < 1.29 is 4.42 Å². The summed E-state index contributed by atoms with van der Waals surface area (Å²) in [5.74, 6) is 1.99. The third kappa shape index (κ3) is 3.28. The van der Waals surface area contributed by atoms with Crippen molar-refractivity contribution in [2.24, 2.45) is 0 Å². The summed E-state index contributed by atoms with van der Waals surface area (Å²) in [7, 11) is 0. The molecule has 0 fully saturated rings. The molecule has 0 aliphatic heterocycles. The summed E-state index contributed by atoms with van der Waals surface area (Å²) in [6, 6.07) is 8.98. The molecule has 3 rings (SSSR count). The maximum atomic E-state index is 5.60. The normalized spacial score (nSPS) is 12.7. The maximum absolute atomic E-state index is 5.60. The van der Waals surface area contributed by atoms with Crippen molar-refractivity contribution in [2.45, 2.75) is 33.4 Å². The van der Waals surface area contributed by atoms with Crippen LogP contribution in [0, 0.1) is 13.8 Å². The highest BCUT2D eigenvalue weighted by molar-refractivity contribution is 7.14. The first-order valence-corrected chi connectivity index (χ1v) is 8.81. The first-order chi connectivity index (χ1) is 10.1. The Morgan fingerprint density at radius 2 is 2.10 bits per heavy atom. The van der Waals surface area contributed by atoms with Crippen LogP contribution in [-0.4, -0.2) is 0 Å². The number of hydrogen-bond acceptors (Lipinski definition) is 4. The molecule has 3 aromatic heterocycles. The lowest BCUT2D eigenvalue weighted by Gasteiger charge is -2.12. The summed E-state index contributed by atoms with van der Waals surface area (Å²) in [6.07, 6.45) is 0. The largest absolute Gasteiger partial charge is 0.466 e. The summed E-state index contributed by atoms with van der Waals surface area (Å²) in [5, 5.41) is 7.94. The Morgan fingerprint density at radius 1 is 1.24 bits per heavy atom. The maximum Gasteiger partial charge on any atom is 0.105 e. The predicted molar refractivity (Wildman–Crippen MR) is 91.1 cm³/mol. The number of hydrogen-bond donors (Lipinski definition) is 1. The van der Waals surface area contributed by atoms with Gasteiger partial charge in [-0.05, 0) is 49.7 Å². The second-order valence-corrected chi connectivity index (χ2v) is 7.19. The molecule has 1 atom stereocenters. The van der Waals surface area contributed by atoms with Crippen molar-refractivity contribution >= 4 is 22.7 Å². The molecular formula is C17H19NOS2. The molecule has 0 radical (unpaired) electrons. The molecule has 0 amide bonds. The molecule has 3 heterocycles. The molecule has 0 saturated heterocycles. The number of thiophene rings is 2. The molecule has 1 unspecified atom stereocenters. The van der Waals surface area contributed by atoms with E-state index >= 15 is 0 Å². The Hall–Kier alpha value is -1.36. The molecule has 4 heteroatoms. The monoisotopic (exact) mass is 317 g/mol. The standard InChI is InChI=1S/C17H19NOS2/c1-11-7-16(13(3)19-11)12(2)18-9-15-8-14(10-21-15)17-5-4-6-20-17/h4-8,10,12,18H,9H2,1-3H3. The summed E-state index contributed by atoms with van der Waals surface area (Å²) in [6.45, 7) is 7.10. The third-order valence-electron chi connectivity index (χ3n) is 3.59. The van der Waals surface area contributed by atoms with Crippen molar-refractivity contribution in [3.63, 3.8) is 0 Å². The molecule has 21 heavy (non-hydrogen) atoms. The van der Waals surface area contributed by atoms with E-state index in [1.54, 1.807) is 11.3 Å². The van der Waals surface area contributed by atoms with E-state index in [-0.39, 0.29) is 0 Å². The Morgan fingerprint density at radius 3 is 2.76 bits per heavy atom. The van der Waals surface area contributed by atoms with Crippen LogP contribution in [0.1, 0.15) is 34.9 Å². The Kier molecular flexibility index (Phi) is 4.29. The molecule has 0 saturated carbocycles. The van der Waals surface area contributed by atoms with Crippen molar-refractivity contribution in [1.82, 2.24) is 5.32 Å². The van der Waals surface area contributed by atoms with Gasteiger partial charge in [-0.2, -0.15) is 0 Å². The minimum absolute atomic E-state index is 0.301. The van der Waals surface area contributed by atoms with Crippen molar-refractivity contribution in [1.29, 1.82) is 0 Å². The van der Waals surface area contributed by atoms with Crippen LogP contribution in [0.2, 0.25) is 0 Å². The minimum Gasteiger partial charge on any atom is -0.466 e. The van der Waals surface area contributed by atoms with E-state index in [0.29, 0.717) is 6.04 Å². The van der Waals surface area contributed by atoms with Gasteiger partial charge in [0.25, 0.3) is 0 Å². The number of nitrogens with one attached hydrogen (secondary N) is 1. The smallest absolute Gasteiger partial charge is 0.105 e. The van der Waals surface area contributed by atoms with E-state index in [2.05, 4.69) is 47.3 Å². The summed E-state index contributed by atoms with van der Waals surface area (Å²) < 4.78 is 5.60. The number of rotatable bonds is 5. The van der Waals surface area contributed by atoms with E-state index in [0.717, 1.165) is 18.1 Å². The van der Waals surface area contributed by atoms with Gasteiger partial charge >= 0.3 is 0 Å². The first kappa shape index (κ1) is 14.6. The fraction of sp³-hybridized carbons (Fsp3) is 0.294. The first-order valence-electron chi connectivity index (χ1n) is 7.05. The lowest BCUT2D eigenvalue weighted by atomic mass is 10.1. The number of aryl methyl sites for hydroxylation is 2. The van der Waals surface area contributed by atoms with E-state index in [1.807, 2.05) is 25.2 Å². The van der Waals surface area contributed by atoms with Gasteiger partial charge in [-0.15, -0.1) is 22.7 Å². The van der Waals surface area contributed by atoms with Crippen LogP contribution in [0.3, 0.4) is 0 Å². The van der Waals surface area contributed by atoms with Crippen molar-refractivity contribution in [3.05, 3.63) is 57.0 Å². The highest BCUT2D eigenvalue weighted by atomic mass is 32.1. The highest BCUT2D eigenvalue weighted by Gasteiger charge is 2.12. The van der Waals surface area contributed by atoms with E-state index in [4.69, 9.17) is 4.42 Å². The third-order valence-corrected chi connectivity index (χ3v) is 5.44. The van der Waals surface area contributed by atoms with E-state index in [9.17, 15) is 0 Å². The lowest BCUT2D eigenvalue weighted by molar-refractivity contribution is 0.490. The van der Waals surface area contributed by atoms with Crippen LogP contribution in [0.5, 0.6) is 0 Å². The summed E-state index contributed by atoms with van der Waals surface area (Å²) in [5.41, 5.74) is 2.58. The SMILES string of the molecule is Cc1cc(C(C)NCc2cc(-c3cccs3)cs2)c(C)o1. The zero-order valence-electron chi connectivity index (χ0n) is 12.5. The second kappa shape index (κ2) is 6.18. The van der Waals surface area contributed by atoms with E-state index in [1.165, 1.54) is 20.9 Å². The van der Waals surface area contributed by atoms with Crippen LogP contribution < -0.4 is 5.32 Å². The van der Waals surface area contributed by atoms with Gasteiger partial charge in [0.2, 0.25) is 0 Å². The molecule has 0 aliphatic rings. The number of furan rings is 1. The van der Waals surface area contributed by atoms with Gasteiger partial charge in [0.1, 0.15) is 11.5 Å². The molecule has 1 N–H and O–H groups in total. The van der Waals surface area contributed by atoms with E-state index < -0.39 is 0 Å². The van der Waals surface area contributed by atoms with Gasteiger partial charge in [0, 0.05) is 33.5 Å². The molecular weight excluding hydrogens is 298 g/mol. The van der Waals surface area contributed by atoms with Gasteiger partial charge in [0.05, 0.1) is 0 Å². The van der Waals surface area contributed by atoms with Crippen molar-refractivity contribution in [2.75, 3.05) is 0 Å². The van der Waals surface area contributed by atoms with Crippen LogP contribution in [0.15, 0.2) is 39.4 Å². The molecule has 0 aromatic carbocycles. The van der Waals surface area contributed by atoms with Gasteiger partial charge in [-0.25, -0.2) is 0 Å². The molecule has 0 bridgehead atoms. The van der Waals surface area contributed by atoms with Crippen LogP contribution in [0.25, 0.3) is 10.4 Å². The fourth-order valence-electron chi connectivity index (χ4n) is 2.49. The zero-order chi connectivity index (χ0) is 14.8. The summed E-state index contributed by atoms with van der Waals surface area (Å²) in [4.78, 5) is 2.70. The van der Waals surface area contributed by atoms with Gasteiger partial charge in [-0.1, -0.05) is 6.07 Å². The second-order valence-electron chi connectivity index (χ2n) is 5.25. The van der Waals surface area contributed by atoms with Gasteiger partial charge in [0.15, 0.2) is 0 Å². The van der Waals surface area contributed by atoms with Crippen molar-refractivity contribution in [3.8, 4) is 10.4 Å². The Bertz CT molecular complexity index is 709. The average Bonchev–Trinajstić information content (AvgIpc) is 3.15.